The molecule has 0 aliphatic carbocycles. The number of sulfonamides is 1. The summed E-state index contributed by atoms with van der Waals surface area (Å²) in [6, 6.07) is 16.0. The van der Waals surface area contributed by atoms with Crippen molar-refractivity contribution < 1.29 is 55.1 Å². The molecule has 308 valence electrons. The van der Waals surface area contributed by atoms with E-state index in [0.29, 0.717) is 0 Å². The van der Waals surface area contributed by atoms with E-state index in [1.807, 2.05) is 0 Å². The van der Waals surface area contributed by atoms with Crippen LogP contribution in [0.4, 0.5) is 17.1 Å². The van der Waals surface area contributed by atoms with Gasteiger partial charge in [-0.2, -0.15) is 12.7 Å². The Balaban J connectivity index is 1.58. The van der Waals surface area contributed by atoms with E-state index < -0.39 is 66.3 Å². The quantitative estimate of drug-likeness (QED) is 0.0584. The van der Waals surface area contributed by atoms with Crippen LogP contribution in [0.2, 0.25) is 5.02 Å². The zero-order chi connectivity index (χ0) is 43.0. The number of ether oxygens (including phenoxy) is 3. The average Bonchev–Trinajstić information content (AvgIpc) is 3.44. The molecule has 17 nitrogen and oxygen atoms in total. The Morgan fingerprint density at radius 1 is 0.814 bits per heavy atom. The molecular formula is C39H36ClN5O12S2. The SMILES string of the molecule is CCN(CC)S(=O)(=O)c1ccc(OC)c(N=Nc2c(O)c(C(=O)Nc3cc(Cl)c(OC)cc3OC)cc3c(S(=O)(=O)O)c(CN4C(=O)c5ccccc5C4=O)ccc23)c1. The Bertz CT molecular complexity index is 2780. The number of nitrogens with one attached hydrogen (secondary N) is 1. The number of aromatic hydroxyl groups is 1. The summed E-state index contributed by atoms with van der Waals surface area (Å²) in [5.41, 5.74) is -1.24. The number of hydrogen-bond donors (Lipinski definition) is 3. The van der Waals surface area contributed by atoms with Crippen LogP contribution in [0.5, 0.6) is 23.0 Å². The van der Waals surface area contributed by atoms with Gasteiger partial charge in [0.05, 0.1) is 60.2 Å². The fourth-order valence-electron chi connectivity index (χ4n) is 6.59. The minimum Gasteiger partial charge on any atom is -0.505 e. The summed E-state index contributed by atoms with van der Waals surface area (Å²) in [5.74, 6) is -2.92. The van der Waals surface area contributed by atoms with Crippen molar-refractivity contribution in [1.82, 2.24) is 9.21 Å². The molecule has 0 bridgehead atoms. The molecule has 0 atom stereocenters. The molecule has 5 aromatic carbocycles. The molecule has 0 saturated carbocycles. The highest BCUT2D eigenvalue weighted by atomic mass is 35.5. The highest BCUT2D eigenvalue weighted by Gasteiger charge is 2.37. The highest BCUT2D eigenvalue weighted by molar-refractivity contribution is 7.89. The number of methoxy groups -OCH3 is 3. The van der Waals surface area contributed by atoms with E-state index in [4.69, 9.17) is 25.8 Å². The standard InChI is InChI=1S/C39H36ClN5O12S2/c1-6-44(7-2)58(50,51)22-13-15-31(55-3)30(16-22)42-43-34-23-14-12-21(20-45-38(48)24-10-8-9-11-25(24)39(45)49)36(59(52,53)54)26(23)17-27(35(34)46)37(47)41-29-18-28(40)32(56-4)19-33(29)57-5/h8-19,46H,6-7,20H2,1-5H3,(H,41,47)(H,52,53,54). The highest BCUT2D eigenvalue weighted by Crippen LogP contribution is 2.45. The van der Waals surface area contributed by atoms with E-state index in [1.54, 1.807) is 26.0 Å². The van der Waals surface area contributed by atoms with Gasteiger partial charge in [0.2, 0.25) is 10.0 Å². The van der Waals surface area contributed by atoms with Crippen LogP contribution in [0.25, 0.3) is 10.8 Å². The number of halogens is 1. The average molecular weight is 866 g/mol. The van der Waals surface area contributed by atoms with Crippen molar-refractivity contribution in [2.24, 2.45) is 10.2 Å². The van der Waals surface area contributed by atoms with Crippen molar-refractivity contribution in [1.29, 1.82) is 0 Å². The van der Waals surface area contributed by atoms with Gasteiger partial charge in [-0.3, -0.25) is 23.8 Å². The summed E-state index contributed by atoms with van der Waals surface area (Å²) in [6.45, 7) is 3.08. The molecule has 0 unspecified atom stereocenters. The first-order valence-electron chi connectivity index (χ1n) is 17.6. The van der Waals surface area contributed by atoms with E-state index in [1.165, 1.54) is 80.2 Å². The number of phenolic OH excluding ortho intramolecular Hbond substituents is 1. The Labute approximate surface area is 343 Å². The normalized spacial score (nSPS) is 13.1. The minimum atomic E-state index is -5.25. The van der Waals surface area contributed by atoms with Gasteiger partial charge in [0.15, 0.2) is 5.75 Å². The van der Waals surface area contributed by atoms with Crippen molar-refractivity contribution in [3.63, 3.8) is 0 Å². The van der Waals surface area contributed by atoms with Gasteiger partial charge < -0.3 is 24.6 Å². The van der Waals surface area contributed by atoms with Crippen molar-refractivity contribution in [2.75, 3.05) is 39.7 Å². The van der Waals surface area contributed by atoms with Crippen LogP contribution in [0.3, 0.4) is 0 Å². The number of carbonyl (C=O) groups is 3. The van der Waals surface area contributed by atoms with Crippen LogP contribution < -0.4 is 19.5 Å². The molecule has 1 aliphatic heterocycles. The third-order valence-electron chi connectivity index (χ3n) is 9.48. The largest absolute Gasteiger partial charge is 0.505 e. The molecule has 6 rings (SSSR count). The van der Waals surface area contributed by atoms with E-state index in [0.717, 1.165) is 11.0 Å². The van der Waals surface area contributed by atoms with Gasteiger partial charge in [-0.25, -0.2) is 8.42 Å². The Morgan fingerprint density at radius 2 is 1.44 bits per heavy atom. The summed E-state index contributed by atoms with van der Waals surface area (Å²) in [7, 11) is -5.26. The molecule has 0 saturated heterocycles. The molecule has 0 radical (unpaired) electrons. The van der Waals surface area contributed by atoms with E-state index >= 15 is 0 Å². The van der Waals surface area contributed by atoms with E-state index in [-0.39, 0.29) is 79.1 Å². The molecule has 1 aliphatic rings. The lowest BCUT2D eigenvalue weighted by Crippen LogP contribution is -2.30. The predicted molar refractivity (Wildman–Crippen MR) is 216 cm³/mol. The smallest absolute Gasteiger partial charge is 0.295 e. The number of phenols is 1. The van der Waals surface area contributed by atoms with Crippen molar-refractivity contribution >= 4 is 77.3 Å². The second-order valence-electron chi connectivity index (χ2n) is 12.8. The zero-order valence-electron chi connectivity index (χ0n) is 32.0. The fraction of sp³-hybridized carbons (Fsp3) is 0.205. The van der Waals surface area contributed by atoms with Crippen LogP contribution in [0, 0.1) is 0 Å². The Hall–Kier alpha value is -6.12. The topological polar surface area (TPSA) is 231 Å². The maximum absolute atomic E-state index is 14.1. The monoisotopic (exact) mass is 865 g/mol. The van der Waals surface area contributed by atoms with Crippen LogP contribution in [0.1, 0.15) is 50.5 Å². The predicted octanol–water partition coefficient (Wildman–Crippen LogP) is 6.97. The summed E-state index contributed by atoms with van der Waals surface area (Å²) >= 11 is 6.32. The van der Waals surface area contributed by atoms with Gasteiger partial charge in [0, 0.05) is 29.9 Å². The number of amides is 3. The van der Waals surface area contributed by atoms with Gasteiger partial charge in [-0.1, -0.05) is 49.7 Å². The second-order valence-corrected chi connectivity index (χ2v) is 16.5. The number of hydrogen-bond acceptors (Lipinski definition) is 13. The van der Waals surface area contributed by atoms with Gasteiger partial charge in [-0.05, 0) is 48.0 Å². The molecule has 0 spiro atoms. The fourth-order valence-corrected chi connectivity index (χ4v) is 9.22. The third-order valence-corrected chi connectivity index (χ3v) is 12.8. The number of rotatable bonds is 14. The van der Waals surface area contributed by atoms with Crippen LogP contribution in [0.15, 0.2) is 92.8 Å². The number of fused-ring (bicyclic) bond motifs is 2. The lowest BCUT2D eigenvalue weighted by molar-refractivity contribution is 0.0640. The van der Waals surface area contributed by atoms with E-state index in [9.17, 15) is 40.9 Å². The molecule has 0 fully saturated rings. The lowest BCUT2D eigenvalue weighted by atomic mass is 10.00. The molecule has 3 N–H and O–H groups in total. The minimum absolute atomic E-state index is 0.0105. The molecule has 1 heterocycles. The number of carbonyl (C=O) groups excluding carboxylic acids is 3. The molecule has 0 aromatic heterocycles. The van der Waals surface area contributed by atoms with E-state index in [2.05, 4.69) is 15.5 Å². The molecule has 59 heavy (non-hydrogen) atoms. The summed E-state index contributed by atoms with van der Waals surface area (Å²) in [5, 5.41) is 22.2. The Kier molecular flexibility index (Phi) is 12.0. The zero-order valence-corrected chi connectivity index (χ0v) is 34.4. The van der Waals surface area contributed by atoms with Gasteiger partial charge in [0.1, 0.15) is 33.5 Å². The maximum Gasteiger partial charge on any atom is 0.295 e. The van der Waals surface area contributed by atoms with Crippen LogP contribution in [-0.4, -0.2) is 87.8 Å². The van der Waals surface area contributed by atoms with Gasteiger partial charge >= 0.3 is 0 Å². The van der Waals surface area contributed by atoms with Crippen molar-refractivity contribution in [3.05, 3.63) is 100 Å². The molecular weight excluding hydrogens is 830 g/mol. The number of benzene rings is 5. The van der Waals surface area contributed by atoms with Crippen molar-refractivity contribution in [3.8, 4) is 23.0 Å². The summed E-state index contributed by atoms with van der Waals surface area (Å²) in [4.78, 5) is 40.5. The van der Waals surface area contributed by atoms with Crippen LogP contribution >= 0.6 is 11.6 Å². The molecule has 3 amide bonds. The molecule has 5 aromatic rings. The second kappa shape index (κ2) is 16.6. The first-order chi connectivity index (χ1) is 28.0. The Morgan fingerprint density at radius 3 is 2.02 bits per heavy atom. The number of anilines is 1. The lowest BCUT2D eigenvalue weighted by Gasteiger charge is -2.19. The molecule has 20 heteroatoms. The summed E-state index contributed by atoms with van der Waals surface area (Å²) < 4.78 is 81.3. The summed E-state index contributed by atoms with van der Waals surface area (Å²) in [6.07, 6.45) is 0. The van der Waals surface area contributed by atoms with Gasteiger partial charge in [0.25, 0.3) is 27.8 Å². The van der Waals surface area contributed by atoms with Gasteiger partial charge in [-0.15, -0.1) is 10.2 Å². The number of nitrogens with zero attached hydrogens (tertiary/aromatic N) is 4. The first-order valence-corrected chi connectivity index (χ1v) is 20.8. The van der Waals surface area contributed by atoms with Crippen molar-refractivity contribution in [2.45, 2.75) is 30.2 Å². The number of imide groups is 1. The van der Waals surface area contributed by atoms with Crippen LogP contribution in [-0.2, 0) is 26.7 Å². The maximum atomic E-state index is 14.1. The number of azo groups is 1. The first kappa shape index (κ1) is 42.5. The third kappa shape index (κ3) is 7.89.